The third-order valence-corrected chi connectivity index (χ3v) is 4.27. The lowest BCUT2D eigenvalue weighted by Gasteiger charge is -2.27. The maximum atomic E-state index is 10.4. The van der Waals surface area contributed by atoms with Crippen LogP contribution in [0.25, 0.3) is 0 Å². The first-order valence-corrected chi connectivity index (χ1v) is 7.43. The Hall–Kier alpha value is -1.90. The van der Waals surface area contributed by atoms with Crippen LogP contribution < -0.4 is 0 Å². The van der Waals surface area contributed by atoms with Gasteiger partial charge in [-0.15, -0.1) is 6.58 Å². The van der Waals surface area contributed by atoms with Crippen LogP contribution in [-0.2, 0) is 6.54 Å². The van der Waals surface area contributed by atoms with Gasteiger partial charge in [-0.2, -0.15) is 0 Å². The maximum absolute atomic E-state index is 10.4. The van der Waals surface area contributed by atoms with E-state index < -0.39 is 0 Å². The van der Waals surface area contributed by atoms with Gasteiger partial charge in [0.05, 0.1) is 6.10 Å². The van der Waals surface area contributed by atoms with Crippen molar-refractivity contribution >= 4 is 0 Å². The minimum Gasteiger partial charge on any atom is -0.391 e. The van der Waals surface area contributed by atoms with Gasteiger partial charge < -0.3 is 5.11 Å². The summed E-state index contributed by atoms with van der Waals surface area (Å²) >= 11 is 0. The third kappa shape index (κ3) is 2.92. The Bertz CT molecular complexity index is 581. The van der Waals surface area contributed by atoms with Crippen molar-refractivity contribution in [2.75, 3.05) is 6.54 Å². The van der Waals surface area contributed by atoms with E-state index in [4.69, 9.17) is 0 Å². The summed E-state index contributed by atoms with van der Waals surface area (Å²) < 4.78 is 0. The highest BCUT2D eigenvalue weighted by Crippen LogP contribution is 2.38. The summed E-state index contributed by atoms with van der Waals surface area (Å²) in [6.45, 7) is 5.46. The standard InChI is InChI=1S/C19H21NO/c1-2-17-18(21)14-20(13-15-9-5-3-6-10-15)19(17)16-11-7-4-8-12-16/h2-12,17-19,21H,1,13-14H2/t17-,18-,19+/m0/s1. The number of benzene rings is 2. The summed E-state index contributed by atoms with van der Waals surface area (Å²) in [6.07, 6.45) is 1.55. The normalized spacial score (nSPS) is 25.9. The molecule has 2 aromatic carbocycles. The number of hydrogen-bond acceptors (Lipinski definition) is 2. The van der Waals surface area contributed by atoms with Gasteiger partial charge in [-0.1, -0.05) is 66.7 Å². The number of nitrogens with zero attached hydrogens (tertiary/aromatic N) is 1. The molecule has 1 aliphatic heterocycles. The lowest BCUT2D eigenvalue weighted by Crippen LogP contribution is -2.24. The van der Waals surface area contributed by atoms with Gasteiger partial charge in [0.15, 0.2) is 0 Å². The average Bonchev–Trinajstić information content (AvgIpc) is 2.84. The zero-order valence-corrected chi connectivity index (χ0v) is 12.1. The smallest absolute Gasteiger partial charge is 0.0748 e. The van der Waals surface area contributed by atoms with Crippen LogP contribution in [0.2, 0.25) is 0 Å². The highest BCUT2D eigenvalue weighted by molar-refractivity contribution is 5.25. The van der Waals surface area contributed by atoms with E-state index in [2.05, 4.69) is 60.0 Å². The van der Waals surface area contributed by atoms with E-state index in [1.807, 2.05) is 18.2 Å². The fourth-order valence-electron chi connectivity index (χ4n) is 3.28. The molecule has 3 atom stereocenters. The number of hydrogen-bond donors (Lipinski definition) is 1. The number of β-amino-alcohol motifs (C(OH)–C–C–N with tert-alkyl or cyclic N) is 1. The van der Waals surface area contributed by atoms with Gasteiger partial charge in [-0.25, -0.2) is 0 Å². The molecule has 21 heavy (non-hydrogen) atoms. The van der Waals surface area contributed by atoms with Gasteiger partial charge in [0.2, 0.25) is 0 Å². The van der Waals surface area contributed by atoms with E-state index in [0.717, 1.165) is 6.54 Å². The molecule has 0 amide bonds. The van der Waals surface area contributed by atoms with Gasteiger partial charge in [0, 0.05) is 25.0 Å². The highest BCUT2D eigenvalue weighted by Gasteiger charge is 2.39. The summed E-state index contributed by atoms with van der Waals surface area (Å²) in [5.74, 6) is 0.0797. The van der Waals surface area contributed by atoms with Crippen molar-refractivity contribution in [1.82, 2.24) is 4.90 Å². The Morgan fingerprint density at radius 2 is 1.67 bits per heavy atom. The predicted octanol–water partition coefficient (Wildman–Crippen LogP) is 3.41. The molecule has 0 aromatic heterocycles. The summed E-state index contributed by atoms with van der Waals surface area (Å²) in [5, 5.41) is 10.4. The first-order chi connectivity index (χ1) is 10.3. The monoisotopic (exact) mass is 279 g/mol. The van der Waals surface area contributed by atoms with E-state index in [9.17, 15) is 5.11 Å². The van der Waals surface area contributed by atoms with Crippen molar-refractivity contribution in [2.45, 2.75) is 18.7 Å². The molecule has 0 spiro atoms. The van der Waals surface area contributed by atoms with Crippen molar-refractivity contribution < 1.29 is 5.11 Å². The molecule has 0 radical (unpaired) electrons. The minimum atomic E-state index is -0.351. The molecule has 0 aliphatic carbocycles. The molecule has 0 saturated carbocycles. The van der Waals surface area contributed by atoms with Crippen molar-refractivity contribution in [3.05, 3.63) is 84.4 Å². The van der Waals surface area contributed by atoms with Crippen LogP contribution in [0.15, 0.2) is 73.3 Å². The fraction of sp³-hybridized carbons (Fsp3) is 0.263. The van der Waals surface area contributed by atoms with E-state index in [1.165, 1.54) is 11.1 Å². The lowest BCUT2D eigenvalue weighted by molar-refractivity contribution is 0.156. The molecule has 108 valence electrons. The van der Waals surface area contributed by atoms with E-state index in [-0.39, 0.29) is 18.1 Å². The zero-order valence-electron chi connectivity index (χ0n) is 12.1. The van der Waals surface area contributed by atoms with Crippen molar-refractivity contribution in [1.29, 1.82) is 0 Å². The third-order valence-electron chi connectivity index (χ3n) is 4.27. The molecule has 2 heteroatoms. The predicted molar refractivity (Wildman–Crippen MR) is 85.7 cm³/mol. The Morgan fingerprint density at radius 3 is 2.29 bits per heavy atom. The summed E-state index contributed by atoms with van der Waals surface area (Å²) in [5.41, 5.74) is 2.52. The van der Waals surface area contributed by atoms with Crippen molar-refractivity contribution in [3.63, 3.8) is 0 Å². The van der Waals surface area contributed by atoms with Gasteiger partial charge in [0.1, 0.15) is 0 Å². The summed E-state index contributed by atoms with van der Waals surface area (Å²) in [7, 11) is 0. The molecule has 1 heterocycles. The number of rotatable bonds is 4. The van der Waals surface area contributed by atoms with Gasteiger partial charge in [0.25, 0.3) is 0 Å². The molecule has 1 aliphatic rings. The fourth-order valence-corrected chi connectivity index (χ4v) is 3.28. The Morgan fingerprint density at radius 1 is 1.05 bits per heavy atom. The van der Waals surface area contributed by atoms with Crippen molar-refractivity contribution in [3.8, 4) is 0 Å². The topological polar surface area (TPSA) is 23.5 Å². The van der Waals surface area contributed by atoms with Crippen LogP contribution in [0.5, 0.6) is 0 Å². The molecule has 0 bridgehead atoms. The molecular weight excluding hydrogens is 258 g/mol. The second kappa shape index (κ2) is 6.25. The lowest BCUT2D eigenvalue weighted by atomic mass is 9.92. The highest BCUT2D eigenvalue weighted by atomic mass is 16.3. The van der Waals surface area contributed by atoms with Crippen molar-refractivity contribution in [2.24, 2.45) is 5.92 Å². The van der Waals surface area contributed by atoms with E-state index >= 15 is 0 Å². The Kier molecular flexibility index (Phi) is 4.18. The number of likely N-dealkylation sites (tertiary alicyclic amines) is 1. The largest absolute Gasteiger partial charge is 0.391 e. The van der Waals surface area contributed by atoms with Gasteiger partial charge in [-0.3, -0.25) is 4.90 Å². The average molecular weight is 279 g/mol. The molecule has 2 aromatic rings. The number of aliphatic hydroxyl groups excluding tert-OH is 1. The second-order valence-electron chi connectivity index (χ2n) is 5.65. The Labute approximate surface area is 126 Å². The van der Waals surface area contributed by atoms with E-state index in [0.29, 0.717) is 6.54 Å². The van der Waals surface area contributed by atoms with Crippen LogP contribution in [0, 0.1) is 5.92 Å². The Balaban J connectivity index is 1.89. The van der Waals surface area contributed by atoms with Gasteiger partial charge >= 0.3 is 0 Å². The summed E-state index contributed by atoms with van der Waals surface area (Å²) in [6, 6.07) is 21.0. The van der Waals surface area contributed by atoms with Crippen LogP contribution in [0.1, 0.15) is 17.2 Å². The van der Waals surface area contributed by atoms with Crippen LogP contribution in [-0.4, -0.2) is 22.7 Å². The van der Waals surface area contributed by atoms with E-state index in [1.54, 1.807) is 0 Å². The maximum Gasteiger partial charge on any atom is 0.0748 e. The summed E-state index contributed by atoms with van der Waals surface area (Å²) in [4.78, 5) is 2.35. The zero-order chi connectivity index (χ0) is 14.7. The van der Waals surface area contributed by atoms with Gasteiger partial charge in [-0.05, 0) is 11.1 Å². The van der Waals surface area contributed by atoms with Crippen LogP contribution in [0.3, 0.4) is 0 Å². The molecule has 0 unspecified atom stereocenters. The molecule has 1 fully saturated rings. The van der Waals surface area contributed by atoms with Crippen LogP contribution in [0.4, 0.5) is 0 Å². The SMILES string of the molecule is C=C[C@@H]1[C@@H](c2ccccc2)N(Cc2ccccc2)C[C@@H]1O. The molecule has 2 nitrogen and oxygen atoms in total. The quantitative estimate of drug-likeness (QED) is 0.867. The van der Waals surface area contributed by atoms with Crippen LogP contribution >= 0.6 is 0 Å². The number of aliphatic hydroxyl groups is 1. The molecule has 1 saturated heterocycles. The first-order valence-electron chi connectivity index (χ1n) is 7.43. The molecule has 1 N–H and O–H groups in total. The first kappa shape index (κ1) is 14.1. The second-order valence-corrected chi connectivity index (χ2v) is 5.65. The minimum absolute atomic E-state index is 0.0797. The molecule has 3 rings (SSSR count). The molecular formula is C19H21NO.